The summed E-state index contributed by atoms with van der Waals surface area (Å²) in [5.41, 5.74) is 5.20. The number of ether oxygens (including phenoxy) is 1. The van der Waals surface area contributed by atoms with Crippen LogP contribution in [0.15, 0.2) is 77.9 Å². The number of nitrogens with one attached hydrogen (secondary N) is 2. The Hall–Kier alpha value is -4.79. The first kappa shape index (κ1) is 24.5. The number of pyridine rings is 1. The quantitative estimate of drug-likeness (QED) is 0.409. The molecule has 9 heteroatoms. The van der Waals surface area contributed by atoms with E-state index in [1.54, 1.807) is 10.9 Å². The predicted molar refractivity (Wildman–Crippen MR) is 148 cm³/mol. The second-order valence-corrected chi connectivity index (χ2v) is 9.62. The van der Waals surface area contributed by atoms with Crippen molar-refractivity contribution in [3.63, 3.8) is 0 Å². The zero-order valence-corrected chi connectivity index (χ0v) is 21.7. The maximum atomic E-state index is 13.9. The molecule has 0 radical (unpaired) electrons. The monoisotopic (exact) mass is 520 g/mol. The molecule has 9 nitrogen and oxygen atoms in total. The summed E-state index contributed by atoms with van der Waals surface area (Å²) in [6.45, 7) is 4.61. The van der Waals surface area contributed by atoms with E-state index in [0.29, 0.717) is 35.1 Å². The Kier molecular flexibility index (Phi) is 6.40. The Morgan fingerprint density at radius 1 is 1.08 bits per heavy atom. The molecule has 2 aromatic carbocycles. The van der Waals surface area contributed by atoms with Crippen molar-refractivity contribution in [3.05, 3.63) is 95.3 Å². The molecule has 0 aliphatic carbocycles. The van der Waals surface area contributed by atoms with Crippen LogP contribution in [0.1, 0.15) is 47.4 Å². The number of aromatic nitrogens is 3. The molecule has 0 unspecified atom stereocenters. The molecule has 2 N–H and O–H groups in total. The molecular formula is C30H28N6O3. The van der Waals surface area contributed by atoms with Crippen LogP contribution in [-0.4, -0.2) is 44.6 Å². The fourth-order valence-electron chi connectivity index (χ4n) is 4.83. The summed E-state index contributed by atoms with van der Waals surface area (Å²) in [5.74, 6) is -0.555. The smallest absolute Gasteiger partial charge is 0.269 e. The van der Waals surface area contributed by atoms with E-state index >= 15 is 0 Å². The number of nitrogens with zero attached hydrogens (tertiary/aromatic N) is 4. The lowest BCUT2D eigenvalue weighted by Crippen LogP contribution is -2.42. The highest BCUT2D eigenvalue weighted by molar-refractivity contribution is 6.20. The van der Waals surface area contributed by atoms with Gasteiger partial charge in [0.2, 0.25) is 12.0 Å². The summed E-state index contributed by atoms with van der Waals surface area (Å²) >= 11 is 0. The minimum Gasteiger partial charge on any atom is -0.474 e. The van der Waals surface area contributed by atoms with E-state index in [2.05, 4.69) is 15.6 Å². The normalized spacial score (nSPS) is 18.1. The third-order valence-corrected chi connectivity index (χ3v) is 6.92. The largest absolute Gasteiger partial charge is 0.474 e. The number of rotatable bonds is 5. The second kappa shape index (κ2) is 10.2. The number of aryl methyl sites for hydroxylation is 2. The summed E-state index contributed by atoms with van der Waals surface area (Å²) < 4.78 is 7.80. The van der Waals surface area contributed by atoms with Crippen molar-refractivity contribution in [2.45, 2.75) is 45.5 Å². The van der Waals surface area contributed by atoms with Gasteiger partial charge in [0.1, 0.15) is 11.3 Å². The highest BCUT2D eigenvalue weighted by Crippen LogP contribution is 2.34. The molecule has 0 spiro atoms. The van der Waals surface area contributed by atoms with Gasteiger partial charge in [0, 0.05) is 41.5 Å². The highest BCUT2D eigenvalue weighted by atomic mass is 16.5. The number of carbonyl (C=O) groups excluding carboxylic acids is 2. The molecule has 0 bridgehead atoms. The topological polar surface area (TPSA) is 110 Å². The predicted octanol–water partition coefficient (Wildman–Crippen LogP) is 4.22. The van der Waals surface area contributed by atoms with Crippen LogP contribution in [-0.2, 0) is 17.8 Å². The van der Waals surface area contributed by atoms with E-state index < -0.39 is 18.0 Å². The van der Waals surface area contributed by atoms with Crippen molar-refractivity contribution in [2.75, 3.05) is 5.32 Å². The van der Waals surface area contributed by atoms with Crippen LogP contribution in [0.5, 0.6) is 5.88 Å². The Morgan fingerprint density at radius 2 is 1.87 bits per heavy atom. The van der Waals surface area contributed by atoms with E-state index in [1.165, 1.54) is 0 Å². The van der Waals surface area contributed by atoms with E-state index in [-0.39, 0.29) is 11.7 Å². The molecular weight excluding hydrogens is 492 g/mol. The SMILES string of the molecule is CCc1ccc(-c2nn3c(c2C(=O)N[C@H]2N=C(c4ccccc4)c4ccccc4NC2=O)O[C@@H](C)CC3)cn1. The second-order valence-electron chi connectivity index (χ2n) is 9.62. The van der Waals surface area contributed by atoms with Gasteiger partial charge in [-0.15, -0.1) is 0 Å². The zero-order chi connectivity index (χ0) is 26.9. The van der Waals surface area contributed by atoms with E-state index in [0.717, 1.165) is 29.7 Å². The van der Waals surface area contributed by atoms with E-state index in [1.807, 2.05) is 80.6 Å². The van der Waals surface area contributed by atoms with Gasteiger partial charge < -0.3 is 15.4 Å². The summed E-state index contributed by atoms with van der Waals surface area (Å²) in [5, 5.41) is 10.5. The molecule has 196 valence electrons. The number of benzodiazepines with no additional fused rings is 1. The first-order valence-electron chi connectivity index (χ1n) is 13.1. The van der Waals surface area contributed by atoms with Gasteiger partial charge in [-0.1, -0.05) is 55.5 Å². The molecule has 0 saturated heterocycles. The van der Waals surface area contributed by atoms with Crippen molar-refractivity contribution in [3.8, 4) is 17.1 Å². The fourth-order valence-corrected chi connectivity index (χ4v) is 4.83. The first-order valence-corrected chi connectivity index (χ1v) is 13.1. The minimum absolute atomic E-state index is 0.0763. The van der Waals surface area contributed by atoms with Crippen LogP contribution >= 0.6 is 0 Å². The average Bonchev–Trinajstić information content (AvgIpc) is 3.28. The summed E-state index contributed by atoms with van der Waals surface area (Å²) in [7, 11) is 0. The van der Waals surface area contributed by atoms with Gasteiger partial charge in [-0.05, 0) is 31.5 Å². The fraction of sp³-hybridized carbons (Fsp3) is 0.233. The van der Waals surface area contributed by atoms with Crippen molar-refractivity contribution in [1.29, 1.82) is 0 Å². The number of amides is 2. The molecule has 4 aromatic rings. The Bertz CT molecular complexity index is 1580. The van der Waals surface area contributed by atoms with E-state index in [4.69, 9.17) is 14.8 Å². The number of anilines is 1. The van der Waals surface area contributed by atoms with Gasteiger partial charge in [-0.25, -0.2) is 9.67 Å². The van der Waals surface area contributed by atoms with Crippen LogP contribution < -0.4 is 15.4 Å². The molecule has 4 heterocycles. The molecule has 2 amide bonds. The van der Waals surface area contributed by atoms with Crippen molar-refractivity contribution in [2.24, 2.45) is 4.99 Å². The maximum Gasteiger partial charge on any atom is 0.269 e. The number of fused-ring (bicyclic) bond motifs is 2. The molecule has 0 saturated carbocycles. The van der Waals surface area contributed by atoms with Crippen LogP contribution in [0.2, 0.25) is 0 Å². The Morgan fingerprint density at radius 3 is 2.64 bits per heavy atom. The van der Waals surface area contributed by atoms with Gasteiger partial charge >= 0.3 is 0 Å². The number of benzene rings is 2. The van der Waals surface area contributed by atoms with Gasteiger partial charge in [0.25, 0.3) is 11.8 Å². The summed E-state index contributed by atoms with van der Waals surface area (Å²) in [6.07, 6.45) is 2.04. The number of aliphatic imine (C=N–C) groups is 1. The standard InChI is InChI=1S/C30H28N6O3/c1-3-21-14-13-20(17-31-21)26-24(30-36(35-26)16-15-18(2)39-30)28(37)34-27-29(38)32-23-12-8-7-11-22(23)25(33-27)19-9-5-4-6-10-19/h4-14,17-18,27H,3,15-16H2,1-2H3,(H,32,38)(H,34,37)/t18-,27+/m0/s1. The van der Waals surface area contributed by atoms with E-state index in [9.17, 15) is 9.59 Å². The molecule has 0 fully saturated rings. The van der Waals surface area contributed by atoms with Gasteiger partial charge in [-0.2, -0.15) is 5.10 Å². The number of hydrogen-bond donors (Lipinski definition) is 2. The molecule has 39 heavy (non-hydrogen) atoms. The molecule has 2 aliphatic heterocycles. The highest BCUT2D eigenvalue weighted by Gasteiger charge is 2.33. The molecule has 2 atom stereocenters. The zero-order valence-electron chi connectivity index (χ0n) is 21.7. The lowest BCUT2D eigenvalue weighted by Gasteiger charge is -2.22. The first-order chi connectivity index (χ1) is 19.0. The minimum atomic E-state index is -1.18. The summed E-state index contributed by atoms with van der Waals surface area (Å²) in [4.78, 5) is 36.5. The van der Waals surface area contributed by atoms with Crippen molar-refractivity contribution >= 4 is 23.2 Å². The van der Waals surface area contributed by atoms with Crippen LogP contribution in [0.3, 0.4) is 0 Å². The molecule has 6 rings (SSSR count). The third kappa shape index (κ3) is 4.67. The number of para-hydroxylation sites is 1. The average molecular weight is 521 g/mol. The third-order valence-electron chi connectivity index (χ3n) is 6.92. The number of carbonyl (C=O) groups is 2. The Balaban J connectivity index is 1.41. The molecule has 2 aliphatic rings. The van der Waals surface area contributed by atoms with Gasteiger partial charge in [0.15, 0.2) is 0 Å². The van der Waals surface area contributed by atoms with Crippen molar-refractivity contribution < 1.29 is 14.3 Å². The van der Waals surface area contributed by atoms with Gasteiger partial charge in [-0.3, -0.25) is 14.6 Å². The Labute approximate surface area is 225 Å². The molecule has 2 aromatic heterocycles. The van der Waals surface area contributed by atoms with Crippen LogP contribution in [0.25, 0.3) is 11.3 Å². The van der Waals surface area contributed by atoms with Crippen LogP contribution in [0, 0.1) is 0 Å². The lowest BCUT2D eigenvalue weighted by atomic mass is 10.0. The van der Waals surface area contributed by atoms with Crippen molar-refractivity contribution in [1.82, 2.24) is 20.1 Å². The van der Waals surface area contributed by atoms with Crippen LogP contribution in [0.4, 0.5) is 5.69 Å². The summed E-state index contributed by atoms with van der Waals surface area (Å²) in [6, 6.07) is 20.9. The number of hydrogen-bond acceptors (Lipinski definition) is 6. The van der Waals surface area contributed by atoms with Gasteiger partial charge in [0.05, 0.1) is 17.5 Å². The maximum absolute atomic E-state index is 13.9. The lowest BCUT2D eigenvalue weighted by molar-refractivity contribution is -0.117.